The van der Waals surface area contributed by atoms with E-state index in [4.69, 9.17) is 0 Å². The highest BCUT2D eigenvalue weighted by Gasteiger charge is 2.40. The number of fused-ring (bicyclic) bond motifs is 1. The van der Waals surface area contributed by atoms with Crippen LogP contribution < -0.4 is 5.32 Å². The molecule has 2 heterocycles. The van der Waals surface area contributed by atoms with E-state index in [0.717, 1.165) is 26.2 Å². The highest BCUT2D eigenvalue weighted by molar-refractivity contribution is 8.07. The van der Waals surface area contributed by atoms with Crippen molar-refractivity contribution in [3.8, 4) is 0 Å². The molecule has 3 aliphatic rings. The van der Waals surface area contributed by atoms with Crippen LogP contribution in [0.25, 0.3) is 0 Å². The molecule has 2 aliphatic heterocycles. The van der Waals surface area contributed by atoms with Crippen molar-refractivity contribution in [3.05, 3.63) is 53.9 Å². The van der Waals surface area contributed by atoms with Gasteiger partial charge in [0.1, 0.15) is 5.83 Å². The number of rotatable bonds is 2. The Morgan fingerprint density at radius 2 is 1.84 bits per heavy atom. The van der Waals surface area contributed by atoms with Gasteiger partial charge in [-0.15, -0.1) is 5.10 Å². The van der Waals surface area contributed by atoms with Gasteiger partial charge in [0.05, 0.1) is 22.2 Å². The summed E-state index contributed by atoms with van der Waals surface area (Å²) in [6, 6.07) is 7.66. The molecule has 25 heavy (non-hydrogen) atoms. The SMILES string of the molecule is O=S(=O)(C1=NN=C2C1=C(F)C=CC2N1CCNCC1)c1ccccc1. The molecule has 0 aromatic heterocycles. The molecule has 0 radical (unpaired) electrons. The van der Waals surface area contributed by atoms with Crippen molar-refractivity contribution in [1.29, 1.82) is 0 Å². The van der Waals surface area contributed by atoms with E-state index in [1.807, 2.05) is 0 Å². The first kappa shape index (κ1) is 16.3. The van der Waals surface area contributed by atoms with Crippen LogP contribution in [-0.2, 0) is 9.84 Å². The van der Waals surface area contributed by atoms with Crippen LogP contribution in [0.2, 0.25) is 0 Å². The summed E-state index contributed by atoms with van der Waals surface area (Å²) in [5.41, 5.74) is 0.367. The number of benzene rings is 1. The van der Waals surface area contributed by atoms with Gasteiger partial charge in [-0.25, -0.2) is 12.8 Å². The molecular formula is C17H17FN4O2S. The second kappa shape index (κ2) is 6.29. The van der Waals surface area contributed by atoms with Crippen molar-refractivity contribution in [2.75, 3.05) is 26.2 Å². The smallest absolute Gasteiger partial charge is 0.226 e. The average Bonchev–Trinajstić information content (AvgIpc) is 3.10. The van der Waals surface area contributed by atoms with E-state index in [-0.39, 0.29) is 21.6 Å². The van der Waals surface area contributed by atoms with E-state index in [1.54, 1.807) is 24.3 Å². The van der Waals surface area contributed by atoms with Crippen LogP contribution in [0.4, 0.5) is 4.39 Å². The highest BCUT2D eigenvalue weighted by atomic mass is 32.2. The van der Waals surface area contributed by atoms with Gasteiger partial charge in [-0.3, -0.25) is 4.90 Å². The lowest BCUT2D eigenvalue weighted by molar-refractivity contribution is 0.237. The maximum atomic E-state index is 14.5. The zero-order chi connectivity index (χ0) is 17.4. The lowest BCUT2D eigenvalue weighted by Gasteiger charge is -2.34. The van der Waals surface area contributed by atoms with Crippen molar-refractivity contribution >= 4 is 20.6 Å². The predicted octanol–water partition coefficient (Wildman–Crippen LogP) is 1.30. The number of piperazine rings is 1. The summed E-state index contributed by atoms with van der Waals surface area (Å²) >= 11 is 0. The van der Waals surface area contributed by atoms with Gasteiger partial charge in [-0.2, -0.15) is 5.10 Å². The summed E-state index contributed by atoms with van der Waals surface area (Å²) in [5.74, 6) is -0.610. The Labute approximate surface area is 145 Å². The molecule has 130 valence electrons. The predicted molar refractivity (Wildman–Crippen MR) is 94.0 cm³/mol. The minimum Gasteiger partial charge on any atom is -0.314 e. The van der Waals surface area contributed by atoms with E-state index >= 15 is 0 Å². The lowest BCUT2D eigenvalue weighted by atomic mass is 9.96. The molecule has 1 unspecified atom stereocenters. The minimum absolute atomic E-state index is 0.00474. The van der Waals surface area contributed by atoms with Gasteiger partial charge in [-0.1, -0.05) is 24.3 Å². The third kappa shape index (κ3) is 2.76. The van der Waals surface area contributed by atoms with Crippen molar-refractivity contribution in [3.63, 3.8) is 0 Å². The molecule has 1 atom stereocenters. The summed E-state index contributed by atoms with van der Waals surface area (Å²) < 4.78 is 40.2. The van der Waals surface area contributed by atoms with Gasteiger partial charge < -0.3 is 5.32 Å². The number of nitrogens with one attached hydrogen (secondary N) is 1. The Bertz CT molecular complexity index is 913. The molecule has 6 nitrogen and oxygen atoms in total. The Balaban J connectivity index is 1.70. The van der Waals surface area contributed by atoms with Crippen LogP contribution in [-0.4, -0.2) is 56.3 Å². The van der Waals surface area contributed by atoms with E-state index in [2.05, 4.69) is 20.4 Å². The quantitative estimate of drug-likeness (QED) is 0.863. The van der Waals surface area contributed by atoms with Crippen LogP contribution in [0.5, 0.6) is 0 Å². The maximum absolute atomic E-state index is 14.5. The third-order valence-corrected chi connectivity index (χ3v) is 6.20. The molecule has 8 heteroatoms. The molecule has 1 aromatic carbocycles. The van der Waals surface area contributed by atoms with E-state index in [0.29, 0.717) is 5.71 Å². The monoisotopic (exact) mass is 360 g/mol. The van der Waals surface area contributed by atoms with Gasteiger partial charge >= 0.3 is 0 Å². The highest BCUT2D eigenvalue weighted by Crippen LogP contribution is 2.31. The van der Waals surface area contributed by atoms with Crippen LogP contribution in [0.1, 0.15) is 0 Å². The Morgan fingerprint density at radius 1 is 1.12 bits per heavy atom. The molecule has 1 fully saturated rings. The van der Waals surface area contributed by atoms with Crippen molar-refractivity contribution < 1.29 is 12.8 Å². The van der Waals surface area contributed by atoms with Crippen molar-refractivity contribution in [2.24, 2.45) is 10.2 Å². The van der Waals surface area contributed by atoms with Gasteiger partial charge in [0.25, 0.3) is 0 Å². The molecule has 1 aliphatic carbocycles. The lowest BCUT2D eigenvalue weighted by Crippen LogP contribution is -2.51. The van der Waals surface area contributed by atoms with Crippen molar-refractivity contribution in [2.45, 2.75) is 10.9 Å². The van der Waals surface area contributed by atoms with Gasteiger partial charge in [0, 0.05) is 26.2 Å². The Hall–Kier alpha value is -2.16. The molecule has 0 spiro atoms. The molecule has 1 aromatic rings. The number of nitrogens with zero attached hydrogens (tertiary/aromatic N) is 3. The summed E-state index contributed by atoms with van der Waals surface area (Å²) in [6.45, 7) is 3.22. The van der Waals surface area contributed by atoms with Crippen LogP contribution in [0.15, 0.2) is 69.0 Å². The molecule has 0 amide bonds. The molecule has 0 saturated carbocycles. The minimum atomic E-state index is -3.92. The normalized spacial score (nSPS) is 24.1. The standard InChI is InChI=1S/C17H17FN4O2S/c18-13-6-7-14(22-10-8-19-9-11-22)16-15(13)17(21-20-16)25(23,24)12-4-2-1-3-5-12/h1-7,14,19H,8-11H2. The van der Waals surface area contributed by atoms with Gasteiger partial charge in [-0.05, 0) is 18.2 Å². The fourth-order valence-corrected chi connectivity index (χ4v) is 4.60. The van der Waals surface area contributed by atoms with E-state index in [9.17, 15) is 12.8 Å². The number of hydrogen-bond acceptors (Lipinski definition) is 6. The first-order chi connectivity index (χ1) is 12.1. The maximum Gasteiger partial charge on any atom is 0.226 e. The summed E-state index contributed by atoms with van der Waals surface area (Å²) in [4.78, 5) is 2.23. The summed E-state index contributed by atoms with van der Waals surface area (Å²) in [5, 5.41) is 10.9. The largest absolute Gasteiger partial charge is 0.314 e. The fraction of sp³-hybridized carbons (Fsp3) is 0.294. The Kier molecular flexibility index (Phi) is 4.10. The molecule has 1 N–H and O–H groups in total. The van der Waals surface area contributed by atoms with Crippen LogP contribution in [0, 0.1) is 0 Å². The van der Waals surface area contributed by atoms with E-state index < -0.39 is 15.7 Å². The molecule has 4 rings (SSSR count). The Morgan fingerprint density at radius 3 is 2.56 bits per heavy atom. The van der Waals surface area contributed by atoms with E-state index in [1.165, 1.54) is 18.2 Å². The number of allylic oxidation sites excluding steroid dienone is 2. The van der Waals surface area contributed by atoms with Crippen molar-refractivity contribution in [1.82, 2.24) is 10.2 Å². The summed E-state index contributed by atoms with van der Waals surface area (Å²) in [7, 11) is -3.92. The van der Waals surface area contributed by atoms with Gasteiger partial charge in [0.2, 0.25) is 9.84 Å². The number of hydrogen-bond donors (Lipinski definition) is 1. The van der Waals surface area contributed by atoms with Gasteiger partial charge in [0.15, 0.2) is 5.04 Å². The fourth-order valence-electron chi connectivity index (χ4n) is 3.24. The first-order valence-electron chi connectivity index (χ1n) is 8.08. The third-order valence-electron chi connectivity index (χ3n) is 4.52. The molecule has 0 bridgehead atoms. The average molecular weight is 360 g/mol. The number of halogens is 1. The second-order valence-corrected chi connectivity index (χ2v) is 7.88. The van der Waals surface area contributed by atoms with Crippen LogP contribution >= 0.6 is 0 Å². The topological polar surface area (TPSA) is 74.1 Å². The molecule has 1 saturated heterocycles. The second-order valence-electron chi connectivity index (χ2n) is 6.02. The zero-order valence-electron chi connectivity index (χ0n) is 13.4. The first-order valence-corrected chi connectivity index (χ1v) is 9.56. The zero-order valence-corrected chi connectivity index (χ0v) is 14.2. The summed E-state index contributed by atoms with van der Waals surface area (Å²) in [6.07, 6.45) is 3.04. The molecular weight excluding hydrogens is 343 g/mol. The van der Waals surface area contributed by atoms with Crippen LogP contribution in [0.3, 0.4) is 0 Å². The number of sulfone groups is 1.